The van der Waals surface area contributed by atoms with Gasteiger partial charge in [-0.15, -0.1) is 11.3 Å². The molecule has 0 aliphatic rings. The van der Waals surface area contributed by atoms with Crippen molar-refractivity contribution < 1.29 is 9.59 Å². The summed E-state index contributed by atoms with van der Waals surface area (Å²) in [5, 5.41) is 2.03. The number of unbranched alkanes of at least 4 members (excludes halogenated alkanes) is 1. The molecule has 158 valence electrons. The van der Waals surface area contributed by atoms with Crippen LogP contribution >= 0.6 is 11.3 Å². The molecule has 0 spiro atoms. The van der Waals surface area contributed by atoms with Crippen molar-refractivity contribution in [2.24, 2.45) is 5.92 Å². The van der Waals surface area contributed by atoms with Crippen molar-refractivity contribution in [1.29, 1.82) is 0 Å². The number of rotatable bonds is 12. The van der Waals surface area contributed by atoms with Gasteiger partial charge in [-0.05, 0) is 29.3 Å². The van der Waals surface area contributed by atoms with Crippen molar-refractivity contribution in [3.63, 3.8) is 0 Å². The minimum atomic E-state index is 0.00963. The highest BCUT2D eigenvalue weighted by molar-refractivity contribution is 7.09. The first kappa shape index (κ1) is 23.1. The third kappa shape index (κ3) is 8.01. The molecule has 0 saturated heterocycles. The molecule has 1 aromatic heterocycles. The summed E-state index contributed by atoms with van der Waals surface area (Å²) in [6.45, 7) is 8.27. The van der Waals surface area contributed by atoms with Crippen LogP contribution in [-0.4, -0.2) is 34.7 Å². The smallest absolute Gasteiger partial charge is 0.242 e. The molecule has 1 aromatic carbocycles. The van der Waals surface area contributed by atoms with Gasteiger partial charge in [-0.1, -0.05) is 70.0 Å². The van der Waals surface area contributed by atoms with E-state index in [1.54, 1.807) is 16.2 Å². The Bertz CT molecular complexity index is 731. The number of hydrogen-bond acceptors (Lipinski definition) is 3. The monoisotopic (exact) mass is 414 g/mol. The number of carbonyl (C=O) groups excluding carboxylic acids is 2. The Morgan fingerprint density at radius 2 is 1.72 bits per heavy atom. The molecule has 29 heavy (non-hydrogen) atoms. The standard InChI is InChI=1S/C24H34N2O2S/c1-4-6-14-23(27)25(16-20(3)5-2)19-24(28)26(18-22-13-10-15-29-22)17-21-11-8-7-9-12-21/h7-13,15,20H,4-6,14,16-19H2,1-3H3. The minimum Gasteiger partial charge on any atom is -0.333 e. The first-order valence-corrected chi connectivity index (χ1v) is 11.5. The van der Waals surface area contributed by atoms with Crippen LogP contribution in [0.2, 0.25) is 0 Å². The van der Waals surface area contributed by atoms with Gasteiger partial charge >= 0.3 is 0 Å². The van der Waals surface area contributed by atoms with Crippen LogP contribution in [0.5, 0.6) is 0 Å². The maximum atomic E-state index is 13.3. The zero-order valence-electron chi connectivity index (χ0n) is 18.0. The topological polar surface area (TPSA) is 40.6 Å². The second kappa shape index (κ2) is 12.4. The molecule has 0 saturated carbocycles. The lowest BCUT2D eigenvalue weighted by Crippen LogP contribution is -2.44. The Balaban J connectivity index is 2.13. The van der Waals surface area contributed by atoms with Crippen LogP contribution in [-0.2, 0) is 22.7 Å². The summed E-state index contributed by atoms with van der Waals surface area (Å²) in [5.41, 5.74) is 1.10. The molecule has 0 radical (unpaired) electrons. The van der Waals surface area contributed by atoms with Crippen LogP contribution in [0.4, 0.5) is 0 Å². The lowest BCUT2D eigenvalue weighted by molar-refractivity contribution is -0.141. The molecule has 5 heteroatoms. The van der Waals surface area contributed by atoms with Gasteiger partial charge in [0.05, 0.1) is 13.1 Å². The molecule has 0 aliphatic carbocycles. The maximum absolute atomic E-state index is 13.3. The highest BCUT2D eigenvalue weighted by atomic mass is 32.1. The van der Waals surface area contributed by atoms with E-state index in [0.717, 1.165) is 29.7 Å². The second-order valence-corrected chi connectivity index (χ2v) is 8.74. The van der Waals surface area contributed by atoms with Gasteiger partial charge in [0, 0.05) is 24.4 Å². The van der Waals surface area contributed by atoms with E-state index >= 15 is 0 Å². The largest absolute Gasteiger partial charge is 0.333 e. The number of thiophene rings is 1. The highest BCUT2D eigenvalue weighted by Gasteiger charge is 2.23. The second-order valence-electron chi connectivity index (χ2n) is 7.71. The fraction of sp³-hybridized carbons (Fsp3) is 0.500. The van der Waals surface area contributed by atoms with Gasteiger partial charge in [-0.2, -0.15) is 0 Å². The van der Waals surface area contributed by atoms with Crippen molar-refractivity contribution in [2.45, 2.75) is 59.5 Å². The Hall–Kier alpha value is -2.14. The van der Waals surface area contributed by atoms with Crippen LogP contribution in [0, 0.1) is 5.92 Å². The van der Waals surface area contributed by atoms with Gasteiger partial charge in [0.25, 0.3) is 0 Å². The van der Waals surface area contributed by atoms with E-state index in [2.05, 4.69) is 26.8 Å². The minimum absolute atomic E-state index is 0.00963. The number of nitrogens with zero attached hydrogens (tertiary/aromatic N) is 2. The van der Waals surface area contributed by atoms with Gasteiger partial charge in [0.15, 0.2) is 0 Å². The zero-order valence-corrected chi connectivity index (χ0v) is 18.8. The van der Waals surface area contributed by atoms with E-state index in [4.69, 9.17) is 0 Å². The SMILES string of the molecule is CCCCC(=O)N(CC(=O)N(Cc1ccccc1)Cc1cccs1)CC(C)CC. The van der Waals surface area contributed by atoms with E-state index in [-0.39, 0.29) is 18.4 Å². The molecule has 4 nitrogen and oxygen atoms in total. The van der Waals surface area contributed by atoms with E-state index < -0.39 is 0 Å². The Labute approximate surface area is 179 Å². The molecular formula is C24H34N2O2S. The maximum Gasteiger partial charge on any atom is 0.242 e. The number of benzene rings is 1. The van der Waals surface area contributed by atoms with Gasteiger partial charge in [0.2, 0.25) is 11.8 Å². The summed E-state index contributed by atoms with van der Waals surface area (Å²) in [6, 6.07) is 14.1. The Morgan fingerprint density at radius 1 is 0.966 bits per heavy atom. The third-order valence-electron chi connectivity index (χ3n) is 5.15. The predicted molar refractivity (Wildman–Crippen MR) is 121 cm³/mol. The van der Waals surface area contributed by atoms with Gasteiger partial charge in [-0.3, -0.25) is 9.59 Å². The molecule has 0 N–H and O–H groups in total. The fourth-order valence-electron chi connectivity index (χ4n) is 3.14. The molecule has 0 bridgehead atoms. The molecular weight excluding hydrogens is 380 g/mol. The van der Waals surface area contributed by atoms with Crippen LogP contribution in [0.1, 0.15) is 56.9 Å². The summed E-state index contributed by atoms with van der Waals surface area (Å²) >= 11 is 1.66. The first-order chi connectivity index (χ1) is 14.0. The third-order valence-corrected chi connectivity index (χ3v) is 6.01. The number of hydrogen-bond donors (Lipinski definition) is 0. The average Bonchev–Trinajstić information content (AvgIpc) is 3.24. The number of amides is 2. The fourth-order valence-corrected chi connectivity index (χ4v) is 3.86. The summed E-state index contributed by atoms with van der Waals surface area (Å²) in [6.07, 6.45) is 3.36. The quantitative estimate of drug-likeness (QED) is 0.470. The first-order valence-electron chi connectivity index (χ1n) is 10.6. The van der Waals surface area contributed by atoms with E-state index in [0.29, 0.717) is 32.0 Å². The lowest BCUT2D eigenvalue weighted by Gasteiger charge is -2.29. The Kier molecular flexibility index (Phi) is 9.92. The van der Waals surface area contributed by atoms with Crippen molar-refractivity contribution >= 4 is 23.2 Å². The average molecular weight is 415 g/mol. The van der Waals surface area contributed by atoms with Crippen molar-refractivity contribution in [2.75, 3.05) is 13.1 Å². The van der Waals surface area contributed by atoms with E-state index in [1.165, 1.54) is 0 Å². The molecule has 0 aliphatic heterocycles. The predicted octanol–water partition coefficient (Wildman–Crippen LogP) is 5.34. The van der Waals surface area contributed by atoms with Gasteiger partial charge in [-0.25, -0.2) is 0 Å². The highest BCUT2D eigenvalue weighted by Crippen LogP contribution is 2.16. The number of carbonyl (C=O) groups is 2. The molecule has 2 rings (SSSR count). The molecule has 1 atom stereocenters. The van der Waals surface area contributed by atoms with E-state index in [9.17, 15) is 9.59 Å². The van der Waals surface area contributed by atoms with Crippen molar-refractivity contribution in [1.82, 2.24) is 9.80 Å². The van der Waals surface area contributed by atoms with Crippen LogP contribution in [0.15, 0.2) is 47.8 Å². The van der Waals surface area contributed by atoms with E-state index in [1.807, 2.05) is 46.7 Å². The van der Waals surface area contributed by atoms with Crippen molar-refractivity contribution in [3.8, 4) is 0 Å². The summed E-state index contributed by atoms with van der Waals surface area (Å²) in [7, 11) is 0. The lowest BCUT2D eigenvalue weighted by atomic mass is 10.1. The molecule has 1 heterocycles. The molecule has 2 amide bonds. The molecule has 0 fully saturated rings. The van der Waals surface area contributed by atoms with Gasteiger partial charge < -0.3 is 9.80 Å². The van der Waals surface area contributed by atoms with Crippen LogP contribution in [0.25, 0.3) is 0 Å². The van der Waals surface area contributed by atoms with Crippen molar-refractivity contribution in [3.05, 3.63) is 58.3 Å². The summed E-state index contributed by atoms with van der Waals surface area (Å²) in [4.78, 5) is 30.8. The summed E-state index contributed by atoms with van der Waals surface area (Å²) < 4.78 is 0. The molecule has 1 unspecified atom stereocenters. The molecule has 2 aromatic rings. The zero-order chi connectivity index (χ0) is 21.1. The van der Waals surface area contributed by atoms with Crippen LogP contribution in [0.3, 0.4) is 0 Å². The summed E-state index contributed by atoms with van der Waals surface area (Å²) in [5.74, 6) is 0.486. The Morgan fingerprint density at radius 3 is 2.34 bits per heavy atom. The normalized spacial score (nSPS) is 11.8. The van der Waals surface area contributed by atoms with Gasteiger partial charge in [0.1, 0.15) is 0 Å². The van der Waals surface area contributed by atoms with Crippen LogP contribution < -0.4 is 0 Å².